The highest BCUT2D eigenvalue weighted by molar-refractivity contribution is 6.01. The molecule has 0 saturated carbocycles. The summed E-state index contributed by atoms with van der Waals surface area (Å²) >= 11 is 0. The SMILES string of the molecule is O=C1CC(C(=O)NCCCN2Cc3ccccc3C2)c2cc(F)ccc2N1. The van der Waals surface area contributed by atoms with Gasteiger partial charge in [0.25, 0.3) is 0 Å². The zero-order valence-electron chi connectivity index (χ0n) is 15.0. The molecule has 2 aliphatic heterocycles. The van der Waals surface area contributed by atoms with Gasteiger partial charge in [0.1, 0.15) is 5.82 Å². The van der Waals surface area contributed by atoms with Crippen LogP contribution in [0.5, 0.6) is 0 Å². The highest BCUT2D eigenvalue weighted by Gasteiger charge is 2.30. The zero-order valence-corrected chi connectivity index (χ0v) is 15.0. The van der Waals surface area contributed by atoms with Crippen molar-refractivity contribution in [3.8, 4) is 0 Å². The van der Waals surface area contributed by atoms with Crippen molar-refractivity contribution >= 4 is 17.5 Å². The molecular weight excluding hydrogens is 345 g/mol. The van der Waals surface area contributed by atoms with Crippen LogP contribution in [0.25, 0.3) is 0 Å². The molecule has 0 radical (unpaired) electrons. The van der Waals surface area contributed by atoms with Gasteiger partial charge in [0.15, 0.2) is 0 Å². The molecule has 0 aliphatic carbocycles. The van der Waals surface area contributed by atoms with Crippen molar-refractivity contribution in [3.63, 3.8) is 0 Å². The summed E-state index contributed by atoms with van der Waals surface area (Å²) in [5, 5.41) is 5.60. The number of hydrogen-bond acceptors (Lipinski definition) is 3. The molecule has 2 aliphatic rings. The van der Waals surface area contributed by atoms with E-state index in [0.717, 1.165) is 26.1 Å². The van der Waals surface area contributed by atoms with Crippen molar-refractivity contribution in [2.75, 3.05) is 18.4 Å². The molecule has 0 bridgehead atoms. The molecule has 1 unspecified atom stereocenters. The number of carbonyl (C=O) groups is 2. The summed E-state index contributed by atoms with van der Waals surface area (Å²) in [5.74, 6) is -1.48. The Morgan fingerprint density at radius 2 is 1.93 bits per heavy atom. The Labute approximate surface area is 157 Å². The van der Waals surface area contributed by atoms with E-state index in [1.54, 1.807) is 0 Å². The fourth-order valence-electron chi connectivity index (χ4n) is 3.87. The third-order valence-electron chi connectivity index (χ3n) is 5.23. The summed E-state index contributed by atoms with van der Waals surface area (Å²) in [4.78, 5) is 26.8. The largest absolute Gasteiger partial charge is 0.356 e. The molecule has 2 aromatic rings. The first-order chi connectivity index (χ1) is 13.1. The van der Waals surface area contributed by atoms with Gasteiger partial charge < -0.3 is 10.6 Å². The van der Waals surface area contributed by atoms with Gasteiger partial charge in [0.2, 0.25) is 11.8 Å². The summed E-state index contributed by atoms with van der Waals surface area (Å²) < 4.78 is 13.6. The standard InChI is InChI=1S/C21H22FN3O2/c22-16-6-7-19-17(10-16)18(11-20(26)24-19)21(27)23-8-3-9-25-12-14-4-1-2-5-15(14)13-25/h1-2,4-7,10,18H,3,8-9,11-13H2,(H,23,27)(H,24,26). The first kappa shape index (κ1) is 17.7. The third kappa shape index (κ3) is 3.85. The van der Waals surface area contributed by atoms with Gasteiger partial charge >= 0.3 is 0 Å². The lowest BCUT2D eigenvalue weighted by atomic mass is 9.89. The van der Waals surface area contributed by atoms with E-state index in [1.807, 2.05) is 0 Å². The molecule has 4 rings (SSSR count). The molecule has 0 fully saturated rings. The highest BCUT2D eigenvalue weighted by Crippen LogP contribution is 2.32. The molecule has 2 aromatic carbocycles. The predicted octanol–water partition coefficient (Wildman–Crippen LogP) is 2.77. The lowest BCUT2D eigenvalue weighted by Crippen LogP contribution is -2.36. The third-order valence-corrected chi connectivity index (χ3v) is 5.23. The minimum Gasteiger partial charge on any atom is -0.356 e. The Kier molecular flexibility index (Phi) is 4.90. The van der Waals surface area contributed by atoms with Crippen molar-refractivity contribution in [2.24, 2.45) is 0 Å². The molecule has 2 amide bonds. The van der Waals surface area contributed by atoms with E-state index in [9.17, 15) is 14.0 Å². The second-order valence-electron chi connectivity index (χ2n) is 7.16. The second-order valence-corrected chi connectivity index (χ2v) is 7.16. The fraction of sp³-hybridized carbons (Fsp3) is 0.333. The first-order valence-corrected chi connectivity index (χ1v) is 9.26. The Hall–Kier alpha value is -2.73. The van der Waals surface area contributed by atoms with Crippen LogP contribution in [-0.2, 0) is 22.7 Å². The van der Waals surface area contributed by atoms with Gasteiger partial charge in [0, 0.05) is 38.3 Å². The maximum absolute atomic E-state index is 13.6. The van der Waals surface area contributed by atoms with Crippen molar-refractivity contribution in [2.45, 2.75) is 31.8 Å². The van der Waals surface area contributed by atoms with Crippen LogP contribution in [0.15, 0.2) is 42.5 Å². The van der Waals surface area contributed by atoms with E-state index in [4.69, 9.17) is 0 Å². The van der Waals surface area contributed by atoms with Gasteiger partial charge in [-0.05, 0) is 41.3 Å². The number of benzene rings is 2. The molecule has 0 spiro atoms. The minimum absolute atomic E-state index is 0.0454. The van der Waals surface area contributed by atoms with Gasteiger partial charge in [-0.25, -0.2) is 4.39 Å². The van der Waals surface area contributed by atoms with Gasteiger partial charge in [-0.3, -0.25) is 14.5 Å². The van der Waals surface area contributed by atoms with E-state index < -0.39 is 11.7 Å². The van der Waals surface area contributed by atoms with E-state index in [1.165, 1.54) is 29.3 Å². The van der Waals surface area contributed by atoms with Crippen LogP contribution < -0.4 is 10.6 Å². The first-order valence-electron chi connectivity index (χ1n) is 9.26. The number of nitrogens with one attached hydrogen (secondary N) is 2. The van der Waals surface area contributed by atoms with Crippen LogP contribution in [0.4, 0.5) is 10.1 Å². The molecular formula is C21H22FN3O2. The lowest BCUT2D eigenvalue weighted by Gasteiger charge is -2.25. The molecule has 2 N–H and O–H groups in total. The molecule has 0 aromatic heterocycles. The molecule has 1 atom stereocenters. The van der Waals surface area contributed by atoms with Crippen molar-refractivity contribution in [3.05, 3.63) is 65.0 Å². The normalized spacial score (nSPS) is 18.6. The van der Waals surface area contributed by atoms with Crippen LogP contribution in [-0.4, -0.2) is 29.8 Å². The molecule has 2 heterocycles. The summed E-state index contributed by atoms with van der Waals surface area (Å²) in [6.07, 6.45) is 0.873. The maximum Gasteiger partial charge on any atom is 0.228 e. The zero-order chi connectivity index (χ0) is 18.8. The minimum atomic E-state index is -0.638. The van der Waals surface area contributed by atoms with E-state index in [-0.39, 0.29) is 18.2 Å². The Bertz CT molecular complexity index is 858. The van der Waals surface area contributed by atoms with Crippen LogP contribution in [0.2, 0.25) is 0 Å². The molecule has 6 heteroatoms. The van der Waals surface area contributed by atoms with E-state index >= 15 is 0 Å². The van der Waals surface area contributed by atoms with E-state index in [2.05, 4.69) is 39.8 Å². The Balaban J connectivity index is 1.29. The smallest absolute Gasteiger partial charge is 0.228 e. The van der Waals surface area contributed by atoms with Crippen LogP contribution in [0, 0.1) is 5.82 Å². The van der Waals surface area contributed by atoms with Gasteiger partial charge in [-0.1, -0.05) is 24.3 Å². The van der Waals surface area contributed by atoms with E-state index in [0.29, 0.717) is 17.8 Å². The molecule has 140 valence electrons. The lowest BCUT2D eigenvalue weighted by molar-refractivity contribution is -0.126. The van der Waals surface area contributed by atoms with Crippen molar-refractivity contribution in [1.29, 1.82) is 0 Å². The maximum atomic E-state index is 13.6. The van der Waals surface area contributed by atoms with Crippen LogP contribution in [0.3, 0.4) is 0 Å². The van der Waals surface area contributed by atoms with Crippen LogP contribution >= 0.6 is 0 Å². The molecule has 0 saturated heterocycles. The summed E-state index contributed by atoms with van der Waals surface area (Å²) in [6.45, 7) is 3.32. The molecule has 27 heavy (non-hydrogen) atoms. The summed E-state index contributed by atoms with van der Waals surface area (Å²) in [5.41, 5.74) is 3.80. The number of amides is 2. The summed E-state index contributed by atoms with van der Waals surface area (Å²) in [6, 6.07) is 12.6. The number of nitrogens with zero attached hydrogens (tertiary/aromatic N) is 1. The number of anilines is 1. The number of halogens is 1. The average molecular weight is 367 g/mol. The topological polar surface area (TPSA) is 61.4 Å². The number of rotatable bonds is 5. The van der Waals surface area contributed by atoms with Crippen molar-refractivity contribution < 1.29 is 14.0 Å². The van der Waals surface area contributed by atoms with Gasteiger partial charge in [-0.15, -0.1) is 0 Å². The average Bonchev–Trinajstić information content (AvgIpc) is 3.07. The highest BCUT2D eigenvalue weighted by atomic mass is 19.1. The second kappa shape index (κ2) is 7.48. The monoisotopic (exact) mass is 367 g/mol. The van der Waals surface area contributed by atoms with Gasteiger partial charge in [-0.2, -0.15) is 0 Å². The van der Waals surface area contributed by atoms with Gasteiger partial charge in [0.05, 0.1) is 5.92 Å². The van der Waals surface area contributed by atoms with Crippen LogP contribution in [0.1, 0.15) is 35.4 Å². The number of hydrogen-bond donors (Lipinski definition) is 2. The summed E-state index contributed by atoms with van der Waals surface area (Å²) in [7, 11) is 0. The van der Waals surface area contributed by atoms with Crippen molar-refractivity contribution in [1.82, 2.24) is 10.2 Å². The number of fused-ring (bicyclic) bond motifs is 2. The number of carbonyl (C=O) groups excluding carboxylic acids is 2. The Morgan fingerprint density at radius 3 is 2.67 bits per heavy atom. The fourth-order valence-corrected chi connectivity index (χ4v) is 3.87. The molecule has 5 nitrogen and oxygen atoms in total. The predicted molar refractivity (Wildman–Crippen MR) is 101 cm³/mol. The quantitative estimate of drug-likeness (QED) is 0.799. The Morgan fingerprint density at radius 1 is 1.19 bits per heavy atom.